The molecule has 7 nitrogen and oxygen atoms in total. The molecule has 1 aliphatic carbocycles. The summed E-state index contributed by atoms with van der Waals surface area (Å²) in [5.74, 6) is 2.01. The number of aromatic nitrogens is 7. The zero-order chi connectivity index (χ0) is 38.3. The maximum absolute atomic E-state index is 16.1. The standard InChI is InChI=1S/C48H31F2N7/c49-36-20-8-3-9-24-40(36)56-42-26-14-11-22-38(42)51-47(56)34-28-33(46-54-44(31-16-4-1-5-17-31)53-45(55-46)32-18-6-2-7-19-32)29-35(30-34)48-52-39-23-12-15-27-43(39)57(48)41-25-13-10-21-37(41)50/h1-30,36H. The van der Waals surface area contributed by atoms with Crippen LogP contribution in [0.1, 0.15) is 0 Å². The second-order valence-electron chi connectivity index (χ2n) is 13.6. The number of nitrogens with zero attached hydrogens (tertiary/aromatic N) is 7. The quantitative estimate of drug-likeness (QED) is 0.162. The van der Waals surface area contributed by atoms with Crippen molar-refractivity contribution in [2.45, 2.75) is 6.17 Å². The van der Waals surface area contributed by atoms with Crippen LogP contribution in [-0.4, -0.2) is 40.2 Å². The molecule has 1 unspecified atom stereocenters. The van der Waals surface area contributed by atoms with E-state index in [1.165, 1.54) is 12.1 Å². The maximum atomic E-state index is 16.1. The summed E-state index contributed by atoms with van der Waals surface area (Å²) < 4.78 is 35.5. The van der Waals surface area contributed by atoms with Crippen LogP contribution in [0.3, 0.4) is 0 Å². The van der Waals surface area contributed by atoms with Crippen molar-refractivity contribution in [3.8, 4) is 62.6 Å². The fraction of sp³-hybridized carbons (Fsp3) is 0.0208. The van der Waals surface area contributed by atoms with Gasteiger partial charge in [-0.15, -0.1) is 0 Å². The highest BCUT2D eigenvalue weighted by molar-refractivity contribution is 5.90. The largest absolute Gasteiger partial charge is 0.293 e. The molecule has 3 aromatic heterocycles. The normalized spacial score (nSPS) is 13.9. The first-order valence-electron chi connectivity index (χ1n) is 18.5. The summed E-state index contributed by atoms with van der Waals surface area (Å²) in [5, 5.41) is 0. The Labute approximate surface area is 326 Å². The van der Waals surface area contributed by atoms with Crippen molar-refractivity contribution >= 4 is 27.8 Å². The molecule has 6 aromatic carbocycles. The first kappa shape index (κ1) is 33.9. The van der Waals surface area contributed by atoms with Gasteiger partial charge < -0.3 is 0 Å². The van der Waals surface area contributed by atoms with Gasteiger partial charge in [0.25, 0.3) is 0 Å². The van der Waals surface area contributed by atoms with Gasteiger partial charge in [-0.25, -0.2) is 33.7 Å². The Hall–Kier alpha value is -7.65. The third-order valence-electron chi connectivity index (χ3n) is 9.93. The number of halogens is 2. The molecule has 0 saturated heterocycles. The Morgan fingerprint density at radius 1 is 0.439 bits per heavy atom. The minimum Gasteiger partial charge on any atom is -0.293 e. The highest BCUT2D eigenvalue weighted by Crippen LogP contribution is 2.38. The Morgan fingerprint density at radius 3 is 1.54 bits per heavy atom. The first-order chi connectivity index (χ1) is 28.1. The van der Waals surface area contributed by atoms with Gasteiger partial charge in [0.1, 0.15) is 17.5 Å². The summed E-state index contributed by atoms with van der Waals surface area (Å²) in [5.41, 5.74) is 7.21. The average Bonchev–Trinajstić information content (AvgIpc) is 3.77. The van der Waals surface area contributed by atoms with Crippen LogP contribution in [0.5, 0.6) is 0 Å². The van der Waals surface area contributed by atoms with Gasteiger partial charge in [0.15, 0.2) is 23.6 Å². The number of allylic oxidation sites excluding steroid dienone is 6. The molecule has 0 aliphatic heterocycles. The third kappa shape index (κ3) is 6.21. The molecular formula is C48H31F2N7. The average molecular weight is 744 g/mol. The number of imidazole rings is 2. The topological polar surface area (TPSA) is 74.3 Å². The van der Waals surface area contributed by atoms with Crippen LogP contribution >= 0.6 is 0 Å². The van der Waals surface area contributed by atoms with Gasteiger partial charge in [-0.1, -0.05) is 115 Å². The molecule has 0 N–H and O–H groups in total. The Bertz CT molecular complexity index is 3000. The first-order valence-corrected chi connectivity index (χ1v) is 18.5. The molecule has 0 bridgehead atoms. The fourth-order valence-corrected chi connectivity index (χ4v) is 7.30. The summed E-state index contributed by atoms with van der Waals surface area (Å²) in [6.07, 6.45) is 7.22. The molecule has 0 fully saturated rings. The highest BCUT2D eigenvalue weighted by Gasteiger charge is 2.25. The van der Waals surface area contributed by atoms with Crippen molar-refractivity contribution in [2.75, 3.05) is 0 Å². The fourth-order valence-electron chi connectivity index (χ4n) is 7.30. The number of para-hydroxylation sites is 5. The minimum absolute atomic E-state index is 0.348. The number of rotatable bonds is 7. The maximum Gasteiger partial charge on any atom is 0.164 e. The molecule has 57 heavy (non-hydrogen) atoms. The van der Waals surface area contributed by atoms with Crippen LogP contribution in [0.15, 0.2) is 182 Å². The van der Waals surface area contributed by atoms with Gasteiger partial charge in [0, 0.05) is 27.8 Å². The second-order valence-corrected chi connectivity index (χ2v) is 13.6. The molecule has 9 aromatic rings. The van der Waals surface area contributed by atoms with Crippen LogP contribution in [0.4, 0.5) is 8.78 Å². The SMILES string of the molecule is Fc1ccccc1-n1c(-c2cc(-c3nc(-c4ccccc4)nc(-c4ccccc4)n3)cc(-c3nc4ccccc4n3C3=CC=CC=CC3F)c2)nc2ccccc21. The van der Waals surface area contributed by atoms with E-state index in [1.54, 1.807) is 36.4 Å². The van der Waals surface area contributed by atoms with Crippen LogP contribution < -0.4 is 0 Å². The predicted octanol–water partition coefficient (Wildman–Crippen LogP) is 11.3. The molecule has 0 saturated carbocycles. The molecule has 0 spiro atoms. The van der Waals surface area contributed by atoms with Crippen molar-refractivity contribution in [3.05, 3.63) is 188 Å². The van der Waals surface area contributed by atoms with E-state index < -0.39 is 12.0 Å². The summed E-state index contributed by atoms with van der Waals surface area (Å²) >= 11 is 0. The van der Waals surface area contributed by atoms with E-state index in [0.29, 0.717) is 68.2 Å². The lowest BCUT2D eigenvalue weighted by atomic mass is 10.0. The van der Waals surface area contributed by atoms with Crippen LogP contribution in [0.2, 0.25) is 0 Å². The van der Waals surface area contributed by atoms with Crippen molar-refractivity contribution < 1.29 is 8.78 Å². The van der Waals surface area contributed by atoms with Crippen molar-refractivity contribution in [3.63, 3.8) is 0 Å². The lowest BCUT2D eigenvalue weighted by Gasteiger charge is -2.17. The number of benzene rings is 6. The highest BCUT2D eigenvalue weighted by atomic mass is 19.1. The molecule has 3 heterocycles. The van der Waals surface area contributed by atoms with Gasteiger partial charge in [-0.05, 0) is 66.7 Å². The van der Waals surface area contributed by atoms with E-state index in [4.69, 9.17) is 24.9 Å². The van der Waals surface area contributed by atoms with Crippen molar-refractivity contribution in [1.29, 1.82) is 0 Å². The van der Waals surface area contributed by atoms with Crippen LogP contribution in [0, 0.1) is 5.82 Å². The van der Waals surface area contributed by atoms with Gasteiger partial charge in [0.2, 0.25) is 0 Å². The summed E-state index contributed by atoms with van der Waals surface area (Å²) in [7, 11) is 0. The van der Waals surface area contributed by atoms with Crippen molar-refractivity contribution in [1.82, 2.24) is 34.1 Å². The third-order valence-corrected chi connectivity index (χ3v) is 9.93. The molecule has 272 valence electrons. The van der Waals surface area contributed by atoms with Gasteiger partial charge in [-0.2, -0.15) is 0 Å². The molecular weight excluding hydrogens is 713 g/mol. The molecule has 9 heteroatoms. The minimum atomic E-state index is -1.41. The van der Waals surface area contributed by atoms with E-state index in [1.807, 2.05) is 143 Å². The summed E-state index contributed by atoms with van der Waals surface area (Å²) in [6.45, 7) is 0. The summed E-state index contributed by atoms with van der Waals surface area (Å²) in [6, 6.07) is 47.4. The molecule has 0 radical (unpaired) electrons. The van der Waals surface area contributed by atoms with Crippen LogP contribution in [-0.2, 0) is 0 Å². The Kier molecular flexibility index (Phi) is 8.45. The summed E-state index contributed by atoms with van der Waals surface area (Å²) in [4.78, 5) is 25.3. The van der Waals surface area contributed by atoms with E-state index in [2.05, 4.69) is 0 Å². The zero-order valence-corrected chi connectivity index (χ0v) is 30.3. The van der Waals surface area contributed by atoms with E-state index in [9.17, 15) is 0 Å². The van der Waals surface area contributed by atoms with Crippen molar-refractivity contribution in [2.24, 2.45) is 0 Å². The monoisotopic (exact) mass is 743 g/mol. The lowest BCUT2D eigenvalue weighted by Crippen LogP contribution is -2.09. The number of alkyl halides is 1. The number of hydrogen-bond donors (Lipinski definition) is 0. The number of hydrogen-bond acceptors (Lipinski definition) is 5. The van der Waals surface area contributed by atoms with Gasteiger partial charge in [0.05, 0.1) is 33.5 Å². The van der Waals surface area contributed by atoms with E-state index in [-0.39, 0.29) is 0 Å². The second kappa shape index (κ2) is 14.2. The predicted molar refractivity (Wildman–Crippen MR) is 222 cm³/mol. The van der Waals surface area contributed by atoms with Gasteiger partial charge in [-0.3, -0.25) is 9.13 Å². The van der Waals surface area contributed by atoms with E-state index in [0.717, 1.165) is 22.2 Å². The smallest absolute Gasteiger partial charge is 0.164 e. The molecule has 1 aliphatic rings. The number of fused-ring (bicyclic) bond motifs is 2. The van der Waals surface area contributed by atoms with Gasteiger partial charge >= 0.3 is 0 Å². The lowest BCUT2D eigenvalue weighted by molar-refractivity contribution is 0.470. The molecule has 1 atom stereocenters. The van der Waals surface area contributed by atoms with Crippen LogP contribution in [0.25, 0.3) is 90.4 Å². The molecule has 10 rings (SSSR count). The van der Waals surface area contributed by atoms with E-state index >= 15 is 8.78 Å². The Balaban J connectivity index is 1.29. The Morgan fingerprint density at radius 2 is 0.930 bits per heavy atom. The molecule has 0 amide bonds. The zero-order valence-electron chi connectivity index (χ0n) is 30.3.